The zero-order valence-electron chi connectivity index (χ0n) is 20.8. The monoisotopic (exact) mass is 522 g/mol. The van der Waals surface area contributed by atoms with Crippen LogP contribution >= 0.6 is 0 Å². The first-order valence-corrected chi connectivity index (χ1v) is 12.0. The summed E-state index contributed by atoms with van der Waals surface area (Å²) in [6.07, 6.45) is -2.85. The van der Waals surface area contributed by atoms with Crippen molar-refractivity contribution in [1.82, 2.24) is 10.2 Å². The van der Waals surface area contributed by atoms with Crippen molar-refractivity contribution < 1.29 is 27.4 Å². The molecule has 0 spiro atoms. The average Bonchev–Trinajstić information content (AvgIpc) is 2.92. The number of morpholine rings is 1. The molecule has 1 aromatic heterocycles. The highest BCUT2D eigenvalue weighted by Gasteiger charge is 2.31. The van der Waals surface area contributed by atoms with Gasteiger partial charge in [0.05, 0.1) is 37.8 Å². The fourth-order valence-corrected chi connectivity index (χ4v) is 4.50. The SMILES string of the molecule is COc1ccc(C(F)(F)F)cc1NC(=O)c1ccc(C)c(-c2ccc3c(N4CCOCC4)nncc3c2)c1. The van der Waals surface area contributed by atoms with Gasteiger partial charge in [0.2, 0.25) is 0 Å². The smallest absolute Gasteiger partial charge is 0.416 e. The van der Waals surface area contributed by atoms with Gasteiger partial charge in [-0.25, -0.2) is 0 Å². The number of benzene rings is 3. The van der Waals surface area contributed by atoms with Crippen LogP contribution < -0.4 is 15.0 Å². The number of anilines is 2. The molecule has 0 unspecified atom stereocenters. The van der Waals surface area contributed by atoms with E-state index >= 15 is 0 Å². The molecule has 1 amide bonds. The number of rotatable bonds is 5. The Morgan fingerprint density at radius 3 is 2.58 bits per heavy atom. The molecule has 1 saturated heterocycles. The Morgan fingerprint density at radius 1 is 1.05 bits per heavy atom. The Morgan fingerprint density at radius 2 is 1.84 bits per heavy atom. The average molecular weight is 523 g/mol. The lowest BCUT2D eigenvalue weighted by Crippen LogP contribution is -2.37. The van der Waals surface area contributed by atoms with Gasteiger partial charge in [0.1, 0.15) is 5.75 Å². The van der Waals surface area contributed by atoms with Crippen molar-refractivity contribution in [3.05, 3.63) is 77.5 Å². The number of hydrogen-bond donors (Lipinski definition) is 1. The first kappa shape index (κ1) is 25.5. The van der Waals surface area contributed by atoms with E-state index in [-0.39, 0.29) is 11.4 Å². The largest absolute Gasteiger partial charge is 0.495 e. The van der Waals surface area contributed by atoms with Crippen LogP contribution in [0.3, 0.4) is 0 Å². The van der Waals surface area contributed by atoms with Gasteiger partial charge >= 0.3 is 6.18 Å². The molecule has 1 fully saturated rings. The minimum atomic E-state index is -4.55. The molecule has 3 aromatic carbocycles. The van der Waals surface area contributed by atoms with E-state index in [0.717, 1.165) is 58.5 Å². The summed E-state index contributed by atoms with van der Waals surface area (Å²) in [5.74, 6) is 0.382. The number of ether oxygens (including phenoxy) is 2. The minimum absolute atomic E-state index is 0.0608. The predicted molar refractivity (Wildman–Crippen MR) is 139 cm³/mol. The molecular formula is C28H25F3N4O3. The molecule has 0 atom stereocenters. The Bertz CT molecular complexity index is 1500. The summed E-state index contributed by atoms with van der Waals surface area (Å²) in [6, 6.07) is 14.1. The maximum Gasteiger partial charge on any atom is 0.416 e. The molecule has 38 heavy (non-hydrogen) atoms. The Hall–Kier alpha value is -4.18. The maximum absolute atomic E-state index is 13.2. The lowest BCUT2D eigenvalue weighted by molar-refractivity contribution is -0.137. The summed E-state index contributed by atoms with van der Waals surface area (Å²) in [5.41, 5.74) is 1.99. The number of nitrogens with one attached hydrogen (secondary N) is 1. The fraction of sp³-hybridized carbons (Fsp3) is 0.250. The van der Waals surface area contributed by atoms with E-state index in [1.807, 2.05) is 31.2 Å². The van der Waals surface area contributed by atoms with Gasteiger partial charge in [0.15, 0.2) is 5.82 Å². The predicted octanol–water partition coefficient (Wildman–Crippen LogP) is 5.72. The van der Waals surface area contributed by atoms with Crippen LogP contribution in [0.2, 0.25) is 0 Å². The number of aryl methyl sites for hydroxylation is 1. The van der Waals surface area contributed by atoms with Gasteiger partial charge in [0.25, 0.3) is 5.91 Å². The van der Waals surface area contributed by atoms with Crippen molar-refractivity contribution in [2.75, 3.05) is 43.6 Å². The first-order valence-electron chi connectivity index (χ1n) is 12.0. The number of halogens is 3. The highest BCUT2D eigenvalue weighted by atomic mass is 19.4. The second-order valence-electron chi connectivity index (χ2n) is 8.97. The molecule has 2 heterocycles. The van der Waals surface area contributed by atoms with Gasteiger partial charge in [0, 0.05) is 29.4 Å². The number of carbonyl (C=O) groups excluding carboxylic acids is 1. The normalized spacial score (nSPS) is 14.0. The van der Waals surface area contributed by atoms with Crippen LogP contribution in [0.15, 0.2) is 60.8 Å². The first-order chi connectivity index (χ1) is 18.2. The number of hydrogen-bond acceptors (Lipinski definition) is 6. The van der Waals surface area contributed by atoms with E-state index in [9.17, 15) is 18.0 Å². The van der Waals surface area contributed by atoms with Crippen molar-refractivity contribution in [3.8, 4) is 16.9 Å². The van der Waals surface area contributed by atoms with E-state index in [1.54, 1.807) is 18.3 Å². The van der Waals surface area contributed by atoms with Crippen molar-refractivity contribution in [3.63, 3.8) is 0 Å². The fourth-order valence-electron chi connectivity index (χ4n) is 4.50. The van der Waals surface area contributed by atoms with E-state index in [2.05, 4.69) is 20.4 Å². The van der Waals surface area contributed by atoms with E-state index in [1.165, 1.54) is 13.2 Å². The quantitative estimate of drug-likeness (QED) is 0.361. The van der Waals surface area contributed by atoms with E-state index in [4.69, 9.17) is 9.47 Å². The van der Waals surface area contributed by atoms with Crippen LogP contribution in [-0.2, 0) is 10.9 Å². The third-order valence-electron chi connectivity index (χ3n) is 6.54. The highest BCUT2D eigenvalue weighted by Crippen LogP contribution is 2.36. The van der Waals surface area contributed by atoms with Gasteiger partial charge in [-0.15, -0.1) is 5.10 Å². The summed E-state index contributed by atoms with van der Waals surface area (Å²) in [6.45, 7) is 4.68. The second kappa shape index (κ2) is 10.3. The van der Waals surface area contributed by atoms with Gasteiger partial charge in [-0.05, 0) is 66.1 Å². The molecule has 0 aliphatic carbocycles. The van der Waals surface area contributed by atoms with Crippen LogP contribution in [0.25, 0.3) is 21.9 Å². The molecule has 196 valence electrons. The summed E-state index contributed by atoms with van der Waals surface area (Å²) in [7, 11) is 1.33. The third-order valence-corrected chi connectivity index (χ3v) is 6.54. The topological polar surface area (TPSA) is 76.6 Å². The molecule has 5 rings (SSSR count). The molecule has 7 nitrogen and oxygen atoms in total. The van der Waals surface area contributed by atoms with Crippen LogP contribution in [0.4, 0.5) is 24.7 Å². The van der Waals surface area contributed by atoms with Crippen LogP contribution in [0.5, 0.6) is 5.75 Å². The van der Waals surface area contributed by atoms with Crippen LogP contribution in [0.1, 0.15) is 21.5 Å². The number of alkyl halides is 3. The molecule has 0 saturated carbocycles. The lowest BCUT2D eigenvalue weighted by Gasteiger charge is -2.28. The van der Waals surface area contributed by atoms with Gasteiger partial charge in [-0.1, -0.05) is 12.1 Å². The molecule has 1 N–H and O–H groups in total. The maximum atomic E-state index is 13.2. The second-order valence-corrected chi connectivity index (χ2v) is 8.97. The molecular weight excluding hydrogens is 497 g/mol. The molecule has 0 radical (unpaired) electrons. The van der Waals surface area contributed by atoms with Crippen LogP contribution in [-0.4, -0.2) is 49.5 Å². The Balaban J connectivity index is 1.46. The minimum Gasteiger partial charge on any atom is -0.495 e. The number of methoxy groups -OCH3 is 1. The molecule has 4 aromatic rings. The number of fused-ring (bicyclic) bond motifs is 1. The zero-order chi connectivity index (χ0) is 26.9. The van der Waals surface area contributed by atoms with Crippen molar-refractivity contribution in [2.45, 2.75) is 13.1 Å². The van der Waals surface area contributed by atoms with E-state index in [0.29, 0.717) is 18.8 Å². The van der Waals surface area contributed by atoms with E-state index < -0.39 is 17.6 Å². The Kier molecular flexibility index (Phi) is 6.90. The summed E-state index contributed by atoms with van der Waals surface area (Å²) >= 11 is 0. The molecule has 0 bridgehead atoms. The van der Waals surface area contributed by atoms with Gasteiger partial charge < -0.3 is 19.7 Å². The van der Waals surface area contributed by atoms with Crippen molar-refractivity contribution in [2.24, 2.45) is 0 Å². The van der Waals surface area contributed by atoms with Gasteiger partial charge in [-0.2, -0.15) is 18.3 Å². The number of amides is 1. The number of carbonyl (C=O) groups is 1. The summed E-state index contributed by atoms with van der Waals surface area (Å²) in [5, 5.41) is 13.0. The molecule has 10 heteroatoms. The molecule has 1 aliphatic rings. The number of aromatic nitrogens is 2. The van der Waals surface area contributed by atoms with Gasteiger partial charge in [-0.3, -0.25) is 4.79 Å². The number of nitrogens with zero attached hydrogens (tertiary/aromatic N) is 3. The standard InChI is InChI=1S/C28H25F3N4O3/c1-17-3-4-19(27(36)33-24-15-21(28(29,30)31)6-8-25(24)37-2)14-23(17)18-5-7-22-20(13-18)16-32-34-26(22)35-9-11-38-12-10-35/h3-8,13-16H,9-12H2,1-2H3,(H,33,36). The zero-order valence-corrected chi connectivity index (χ0v) is 20.8. The Labute approximate surface area is 217 Å². The van der Waals surface area contributed by atoms with Crippen molar-refractivity contribution in [1.29, 1.82) is 0 Å². The lowest BCUT2D eigenvalue weighted by atomic mass is 9.96. The highest BCUT2D eigenvalue weighted by molar-refractivity contribution is 6.06. The summed E-state index contributed by atoms with van der Waals surface area (Å²) in [4.78, 5) is 15.2. The van der Waals surface area contributed by atoms with Crippen molar-refractivity contribution >= 4 is 28.2 Å². The van der Waals surface area contributed by atoms with Crippen LogP contribution in [0, 0.1) is 6.92 Å². The molecule has 1 aliphatic heterocycles. The third kappa shape index (κ3) is 5.12. The summed E-state index contributed by atoms with van der Waals surface area (Å²) < 4.78 is 50.3.